The van der Waals surface area contributed by atoms with Crippen LogP contribution in [0.5, 0.6) is 0 Å². The van der Waals surface area contributed by atoms with E-state index >= 15 is 8.78 Å². The van der Waals surface area contributed by atoms with Crippen LogP contribution in [0.2, 0.25) is 5.02 Å². The fraction of sp³-hybridized carbons (Fsp3) is 0.529. The predicted octanol–water partition coefficient (Wildman–Crippen LogP) is 2.08. The Morgan fingerprint density at radius 2 is 1.69 bits per heavy atom. The second-order valence-corrected chi connectivity index (χ2v) is 14.5. The zero-order chi connectivity index (χ0) is 36.5. The first-order valence-corrected chi connectivity index (χ1v) is 18.4. The van der Waals surface area contributed by atoms with Gasteiger partial charge in [0, 0.05) is 29.5 Å². The molecular weight excluding hydrogens is 723 g/mol. The number of esters is 1. The Balaban J connectivity index is 0.00000702. The third kappa shape index (κ3) is 12.1. The number of hydrogen-bond acceptors (Lipinski definition) is 9. The van der Waals surface area contributed by atoms with Crippen LogP contribution in [0.1, 0.15) is 81.9 Å². The Morgan fingerprint density at radius 1 is 1.00 bits per heavy atom. The van der Waals surface area contributed by atoms with E-state index in [4.69, 9.17) is 21.1 Å². The molecule has 0 radical (unpaired) electrons. The smallest absolute Gasteiger partial charge is 0.745 e. The number of hydrogen-bond donors (Lipinski definition) is 3. The van der Waals surface area contributed by atoms with E-state index in [2.05, 4.69) is 16.0 Å². The van der Waals surface area contributed by atoms with E-state index in [0.29, 0.717) is 12.8 Å². The summed E-state index contributed by atoms with van der Waals surface area (Å²) in [5.74, 6) is -7.13. The van der Waals surface area contributed by atoms with Crippen molar-refractivity contribution in [3.8, 4) is 0 Å². The van der Waals surface area contributed by atoms with E-state index in [9.17, 15) is 32.1 Å². The molecule has 51 heavy (non-hydrogen) atoms. The number of benzene rings is 2. The first-order valence-electron chi connectivity index (χ1n) is 16.6. The molecule has 1 saturated heterocycles. The molecule has 0 aromatic heterocycles. The van der Waals surface area contributed by atoms with Crippen LogP contribution in [0.3, 0.4) is 0 Å². The summed E-state index contributed by atoms with van der Waals surface area (Å²) in [5.41, 5.74) is -2.95. The maximum atomic E-state index is 16.0. The molecule has 1 aliphatic heterocycles. The van der Waals surface area contributed by atoms with Gasteiger partial charge in [0.2, 0.25) is 17.3 Å². The summed E-state index contributed by atoms with van der Waals surface area (Å²) < 4.78 is 79.5. The van der Waals surface area contributed by atoms with E-state index in [1.54, 1.807) is 6.07 Å². The predicted molar refractivity (Wildman–Crippen MR) is 177 cm³/mol. The standard InChI is InChI=1S/C34H42ClF2N3O9S.Na/c1-2-28(41)48-32(50(45,46)47)27(19-23-16-17-38-30(23)42)39-31(43)26(18-21-10-5-3-6-11-21)40-33(44)49-29(22-12-7-4-8-13-22)34(36,37)24-14-9-15-25(35)20-24;/h4,7-9,12-15,20-21,23,26-27,29,32H,2-3,5-6,10-11,16-19H2,1H3,(H,38,42)(H,39,43)(H,40,44)(H,45,46,47);/q;+1/p-1/t23-,26-,27-,29-,32?;/m0./s1. The minimum Gasteiger partial charge on any atom is -0.745 e. The summed E-state index contributed by atoms with van der Waals surface area (Å²) in [6.45, 7) is 1.65. The zero-order valence-corrected chi connectivity index (χ0v) is 32.0. The number of alkyl carbamates (subject to hydrolysis) is 1. The van der Waals surface area contributed by atoms with Gasteiger partial charge in [-0.05, 0) is 42.9 Å². The van der Waals surface area contributed by atoms with Crippen molar-refractivity contribution in [1.82, 2.24) is 16.0 Å². The molecule has 1 heterocycles. The summed E-state index contributed by atoms with van der Waals surface area (Å²) in [4.78, 5) is 52.0. The van der Waals surface area contributed by atoms with Gasteiger partial charge in [-0.3, -0.25) is 14.4 Å². The average molecular weight is 764 g/mol. The molecule has 2 aromatic carbocycles. The van der Waals surface area contributed by atoms with E-state index in [1.165, 1.54) is 43.3 Å². The monoisotopic (exact) mass is 763 g/mol. The van der Waals surface area contributed by atoms with Gasteiger partial charge in [-0.25, -0.2) is 13.2 Å². The molecule has 0 spiro atoms. The van der Waals surface area contributed by atoms with Crippen molar-refractivity contribution in [2.24, 2.45) is 11.8 Å². The number of alkyl halides is 2. The molecule has 1 saturated carbocycles. The van der Waals surface area contributed by atoms with Crippen LogP contribution >= 0.6 is 11.6 Å². The summed E-state index contributed by atoms with van der Waals surface area (Å²) in [6, 6.07) is 9.11. The van der Waals surface area contributed by atoms with Crippen molar-refractivity contribution in [2.45, 2.75) is 94.3 Å². The Labute approximate surface area is 323 Å². The van der Waals surface area contributed by atoms with Gasteiger partial charge in [-0.15, -0.1) is 0 Å². The number of amides is 3. The molecule has 274 valence electrons. The van der Waals surface area contributed by atoms with Crippen LogP contribution in [0.25, 0.3) is 0 Å². The van der Waals surface area contributed by atoms with E-state index in [1.807, 2.05) is 0 Å². The number of ether oxygens (including phenoxy) is 2. The number of halogens is 3. The van der Waals surface area contributed by atoms with Gasteiger partial charge < -0.3 is 30.0 Å². The first kappa shape index (κ1) is 42.6. The van der Waals surface area contributed by atoms with Crippen molar-refractivity contribution < 1.29 is 80.0 Å². The quantitative estimate of drug-likeness (QED) is 0.139. The SMILES string of the molecule is CCC(=O)OC([C@H](C[C@@H]1CCNC1=O)NC(=O)[C@H](CC1CCCCC1)NC(=O)O[C@@H](c1ccccc1)C(F)(F)c1cccc(Cl)c1)S(=O)(=O)[O-].[Na+]. The first-order chi connectivity index (χ1) is 23.7. The van der Waals surface area contributed by atoms with Crippen molar-refractivity contribution in [3.63, 3.8) is 0 Å². The molecule has 3 N–H and O–H groups in total. The molecule has 1 unspecified atom stereocenters. The summed E-state index contributed by atoms with van der Waals surface area (Å²) in [6.07, 6.45) is 0.207. The van der Waals surface area contributed by atoms with Crippen molar-refractivity contribution in [1.29, 1.82) is 0 Å². The van der Waals surface area contributed by atoms with Crippen LogP contribution < -0.4 is 45.5 Å². The fourth-order valence-corrected chi connectivity index (χ4v) is 7.35. The third-order valence-corrected chi connectivity index (χ3v) is 10.2. The molecule has 1 aliphatic carbocycles. The fourth-order valence-electron chi connectivity index (χ4n) is 6.35. The maximum absolute atomic E-state index is 16.0. The second-order valence-electron chi connectivity index (χ2n) is 12.6. The normalized spacial score (nSPS) is 19.0. The Bertz CT molecular complexity index is 1620. The molecule has 17 heteroatoms. The molecule has 5 atom stereocenters. The summed E-state index contributed by atoms with van der Waals surface area (Å²) in [5, 5.41) is 7.45. The van der Waals surface area contributed by atoms with Crippen LogP contribution in [0.15, 0.2) is 54.6 Å². The van der Waals surface area contributed by atoms with Crippen LogP contribution in [-0.2, 0) is 39.9 Å². The molecule has 3 amide bonds. The number of carbonyl (C=O) groups is 4. The Hall–Kier alpha value is -2.82. The molecule has 2 aliphatic rings. The summed E-state index contributed by atoms with van der Waals surface area (Å²) >= 11 is 5.99. The van der Waals surface area contributed by atoms with Gasteiger partial charge in [0.05, 0.1) is 6.04 Å². The Morgan fingerprint density at radius 3 is 2.27 bits per heavy atom. The maximum Gasteiger partial charge on any atom is 1.00 e. The molecule has 12 nitrogen and oxygen atoms in total. The third-order valence-electron chi connectivity index (χ3n) is 8.95. The van der Waals surface area contributed by atoms with Crippen LogP contribution in [0, 0.1) is 11.8 Å². The van der Waals surface area contributed by atoms with E-state index < -0.39 is 75.0 Å². The van der Waals surface area contributed by atoms with Gasteiger partial charge in [0.15, 0.2) is 6.10 Å². The minimum atomic E-state index is -5.39. The number of rotatable bonds is 15. The average Bonchev–Trinajstić information content (AvgIpc) is 3.49. The molecule has 4 rings (SSSR count). The van der Waals surface area contributed by atoms with E-state index in [0.717, 1.165) is 31.4 Å². The van der Waals surface area contributed by atoms with Crippen LogP contribution in [0.4, 0.5) is 13.6 Å². The van der Waals surface area contributed by atoms with Crippen molar-refractivity contribution >= 4 is 45.6 Å². The van der Waals surface area contributed by atoms with Crippen LogP contribution in [-0.4, -0.2) is 60.9 Å². The molecule has 2 fully saturated rings. The van der Waals surface area contributed by atoms with Gasteiger partial charge in [0.25, 0.3) is 0 Å². The van der Waals surface area contributed by atoms with E-state index in [-0.39, 0.29) is 78.3 Å². The largest absolute Gasteiger partial charge is 1.00 e. The topological polar surface area (TPSA) is 180 Å². The molecule has 0 bridgehead atoms. The van der Waals surface area contributed by atoms with Gasteiger partial charge >= 0.3 is 47.5 Å². The zero-order valence-electron chi connectivity index (χ0n) is 28.4. The van der Waals surface area contributed by atoms with Crippen molar-refractivity contribution in [3.05, 3.63) is 70.7 Å². The van der Waals surface area contributed by atoms with Gasteiger partial charge in [-0.2, -0.15) is 8.78 Å². The molecular formula is C34H41ClF2N3NaO9S. The van der Waals surface area contributed by atoms with Gasteiger partial charge in [0.1, 0.15) is 16.2 Å². The van der Waals surface area contributed by atoms with Gasteiger partial charge in [-0.1, -0.05) is 93.1 Å². The molecule has 2 aromatic rings. The second kappa shape index (κ2) is 19.3. The van der Waals surface area contributed by atoms with Crippen molar-refractivity contribution in [2.75, 3.05) is 6.54 Å². The minimum absolute atomic E-state index is 0. The summed E-state index contributed by atoms with van der Waals surface area (Å²) in [7, 11) is -5.39. The number of carbonyl (C=O) groups excluding carboxylic acids is 4. The number of nitrogens with one attached hydrogen (secondary N) is 3. The Kier molecular flexibility index (Phi) is 16.1.